The second kappa shape index (κ2) is 8.89. The number of fused-ring (bicyclic) bond motifs is 1. The predicted octanol–water partition coefficient (Wildman–Crippen LogP) is 3.12. The van der Waals surface area contributed by atoms with Crippen molar-refractivity contribution >= 4 is 29.1 Å². The highest BCUT2D eigenvalue weighted by Crippen LogP contribution is 2.31. The highest BCUT2D eigenvalue weighted by atomic mass is 19.3. The number of para-hydroxylation sites is 2. The number of anilines is 2. The van der Waals surface area contributed by atoms with Crippen LogP contribution in [0.1, 0.15) is 23.7 Å². The Hall–Kier alpha value is -3.49. The summed E-state index contributed by atoms with van der Waals surface area (Å²) in [5.74, 6) is -1.24. The molecule has 1 aliphatic heterocycles. The van der Waals surface area contributed by atoms with Crippen molar-refractivity contribution in [3.05, 3.63) is 54.1 Å². The number of carbonyl (C=O) groups excluding carboxylic acids is 3. The molecule has 1 aliphatic rings. The first-order chi connectivity index (χ1) is 14.3. The normalized spacial score (nSPS) is 15.8. The van der Waals surface area contributed by atoms with Gasteiger partial charge >= 0.3 is 6.61 Å². The Morgan fingerprint density at radius 3 is 2.70 bits per heavy atom. The maximum atomic E-state index is 13.1. The average Bonchev–Trinajstić information content (AvgIpc) is 2.81. The zero-order valence-electron chi connectivity index (χ0n) is 16.5. The molecule has 3 amide bonds. The lowest BCUT2D eigenvalue weighted by molar-refractivity contribution is -0.119. The zero-order chi connectivity index (χ0) is 21.8. The standard InChI is InChI=1S/C21H21F2N3O4/c1-13-10-18(27)24-16-8-3-4-9-17(16)26(13)19(28)12-25(2)20(29)14-6-5-7-15(11-14)30-21(22)23/h3-9,11,13,21H,10,12H2,1-2H3,(H,24,27). The number of hydrogen-bond acceptors (Lipinski definition) is 4. The van der Waals surface area contributed by atoms with E-state index in [1.807, 2.05) is 0 Å². The van der Waals surface area contributed by atoms with Crippen LogP contribution in [0, 0.1) is 0 Å². The fourth-order valence-corrected chi connectivity index (χ4v) is 3.34. The van der Waals surface area contributed by atoms with Gasteiger partial charge in [0, 0.05) is 25.1 Å². The molecule has 0 spiro atoms. The number of nitrogens with one attached hydrogen (secondary N) is 1. The van der Waals surface area contributed by atoms with Gasteiger partial charge < -0.3 is 19.9 Å². The first-order valence-electron chi connectivity index (χ1n) is 9.27. The first kappa shape index (κ1) is 21.2. The van der Waals surface area contributed by atoms with E-state index < -0.39 is 18.6 Å². The van der Waals surface area contributed by atoms with Gasteiger partial charge in [0.1, 0.15) is 12.3 Å². The summed E-state index contributed by atoms with van der Waals surface area (Å²) in [6.45, 7) is -1.51. The summed E-state index contributed by atoms with van der Waals surface area (Å²) in [5, 5.41) is 2.77. The number of alkyl halides is 2. The molecule has 0 fully saturated rings. The third-order valence-electron chi connectivity index (χ3n) is 4.65. The SMILES string of the molecule is CC1CC(=O)Nc2ccccc2N1C(=O)CN(C)C(=O)c1cccc(OC(F)F)c1. The molecular weight excluding hydrogens is 396 g/mol. The van der Waals surface area contributed by atoms with Crippen molar-refractivity contribution in [1.29, 1.82) is 0 Å². The van der Waals surface area contributed by atoms with Crippen molar-refractivity contribution in [1.82, 2.24) is 4.90 Å². The van der Waals surface area contributed by atoms with E-state index in [1.165, 1.54) is 41.1 Å². The molecule has 3 rings (SSSR count). The Bertz CT molecular complexity index is 967. The molecule has 7 nitrogen and oxygen atoms in total. The van der Waals surface area contributed by atoms with E-state index >= 15 is 0 Å². The Morgan fingerprint density at radius 2 is 1.97 bits per heavy atom. The summed E-state index contributed by atoms with van der Waals surface area (Å²) in [6, 6.07) is 11.9. The molecule has 0 aromatic heterocycles. The average molecular weight is 417 g/mol. The van der Waals surface area contributed by atoms with Crippen molar-refractivity contribution < 1.29 is 27.9 Å². The zero-order valence-corrected chi connectivity index (χ0v) is 16.5. The van der Waals surface area contributed by atoms with E-state index in [-0.39, 0.29) is 36.1 Å². The number of hydrogen-bond donors (Lipinski definition) is 1. The number of halogens is 2. The molecule has 1 unspecified atom stereocenters. The van der Waals surface area contributed by atoms with Crippen LogP contribution in [0.2, 0.25) is 0 Å². The fraction of sp³-hybridized carbons (Fsp3) is 0.286. The van der Waals surface area contributed by atoms with Gasteiger partial charge in [-0.2, -0.15) is 8.78 Å². The summed E-state index contributed by atoms with van der Waals surface area (Å²) >= 11 is 0. The van der Waals surface area contributed by atoms with Gasteiger partial charge in [-0.1, -0.05) is 18.2 Å². The molecule has 1 heterocycles. The van der Waals surface area contributed by atoms with Gasteiger partial charge in [0.05, 0.1) is 11.4 Å². The molecule has 0 aliphatic carbocycles. The van der Waals surface area contributed by atoms with E-state index in [0.29, 0.717) is 11.4 Å². The summed E-state index contributed by atoms with van der Waals surface area (Å²) in [6.07, 6.45) is 0.116. The lowest BCUT2D eigenvalue weighted by Gasteiger charge is -2.29. The molecule has 0 bridgehead atoms. The van der Waals surface area contributed by atoms with Crippen LogP contribution in [-0.2, 0) is 9.59 Å². The Morgan fingerprint density at radius 1 is 1.23 bits per heavy atom. The largest absolute Gasteiger partial charge is 0.435 e. The predicted molar refractivity (Wildman–Crippen MR) is 107 cm³/mol. The number of likely N-dealkylation sites (N-methyl/N-ethyl adjacent to an activating group) is 1. The van der Waals surface area contributed by atoms with E-state index in [9.17, 15) is 23.2 Å². The van der Waals surface area contributed by atoms with Crippen LogP contribution < -0.4 is 15.0 Å². The van der Waals surface area contributed by atoms with Crippen molar-refractivity contribution in [2.45, 2.75) is 26.0 Å². The number of benzene rings is 2. The summed E-state index contributed by atoms with van der Waals surface area (Å²) in [5.41, 5.74) is 1.18. The minimum atomic E-state index is -3.00. The molecule has 1 atom stereocenters. The van der Waals surface area contributed by atoms with E-state index in [0.717, 1.165) is 0 Å². The van der Waals surface area contributed by atoms with E-state index in [4.69, 9.17) is 0 Å². The second-order valence-corrected chi connectivity index (χ2v) is 6.95. The maximum absolute atomic E-state index is 13.1. The fourth-order valence-electron chi connectivity index (χ4n) is 3.34. The molecule has 1 N–H and O–H groups in total. The smallest absolute Gasteiger partial charge is 0.387 e. The molecular formula is C21H21F2N3O4. The third kappa shape index (κ3) is 4.73. The second-order valence-electron chi connectivity index (χ2n) is 6.95. The topological polar surface area (TPSA) is 79.0 Å². The highest BCUT2D eigenvalue weighted by Gasteiger charge is 2.30. The molecule has 0 saturated carbocycles. The molecule has 158 valence electrons. The van der Waals surface area contributed by atoms with E-state index in [1.54, 1.807) is 31.2 Å². The minimum Gasteiger partial charge on any atom is -0.435 e. The number of amides is 3. The molecule has 2 aromatic rings. The minimum absolute atomic E-state index is 0.115. The summed E-state index contributed by atoms with van der Waals surface area (Å²) in [4.78, 5) is 40.5. The van der Waals surface area contributed by atoms with Gasteiger partial charge in [0.15, 0.2) is 0 Å². The summed E-state index contributed by atoms with van der Waals surface area (Å²) < 4.78 is 29.1. The number of carbonyl (C=O) groups is 3. The van der Waals surface area contributed by atoms with E-state index in [2.05, 4.69) is 10.1 Å². The third-order valence-corrected chi connectivity index (χ3v) is 4.65. The number of nitrogens with zero attached hydrogens (tertiary/aromatic N) is 2. The Balaban J connectivity index is 1.78. The Labute approximate surface area is 172 Å². The van der Waals surface area contributed by atoms with Gasteiger partial charge in [0.25, 0.3) is 5.91 Å². The molecule has 2 aromatic carbocycles. The lowest BCUT2D eigenvalue weighted by Crippen LogP contribution is -2.45. The van der Waals surface area contributed by atoms with Gasteiger partial charge in [-0.05, 0) is 37.3 Å². The van der Waals surface area contributed by atoms with Crippen LogP contribution in [0.5, 0.6) is 5.75 Å². The van der Waals surface area contributed by atoms with Crippen LogP contribution >= 0.6 is 0 Å². The number of rotatable bonds is 5. The van der Waals surface area contributed by atoms with Gasteiger partial charge in [-0.3, -0.25) is 14.4 Å². The van der Waals surface area contributed by atoms with Crippen LogP contribution in [0.4, 0.5) is 20.2 Å². The van der Waals surface area contributed by atoms with Crippen molar-refractivity contribution in [3.8, 4) is 5.75 Å². The lowest BCUT2D eigenvalue weighted by atomic mass is 10.1. The quantitative estimate of drug-likeness (QED) is 0.811. The van der Waals surface area contributed by atoms with Crippen LogP contribution in [0.3, 0.4) is 0 Å². The Kier molecular flexibility index (Phi) is 6.29. The molecule has 0 radical (unpaired) electrons. The van der Waals surface area contributed by atoms with Gasteiger partial charge in [-0.15, -0.1) is 0 Å². The van der Waals surface area contributed by atoms with Crippen LogP contribution in [0.15, 0.2) is 48.5 Å². The van der Waals surface area contributed by atoms with Gasteiger partial charge in [0.2, 0.25) is 11.8 Å². The van der Waals surface area contributed by atoms with Crippen molar-refractivity contribution in [2.75, 3.05) is 23.8 Å². The van der Waals surface area contributed by atoms with Crippen molar-refractivity contribution in [3.63, 3.8) is 0 Å². The van der Waals surface area contributed by atoms with Crippen LogP contribution in [0.25, 0.3) is 0 Å². The van der Waals surface area contributed by atoms with Gasteiger partial charge in [-0.25, -0.2) is 0 Å². The molecule has 30 heavy (non-hydrogen) atoms. The van der Waals surface area contributed by atoms with Crippen LogP contribution in [-0.4, -0.2) is 48.9 Å². The molecule has 0 saturated heterocycles. The van der Waals surface area contributed by atoms with Crippen molar-refractivity contribution in [2.24, 2.45) is 0 Å². The first-order valence-corrected chi connectivity index (χ1v) is 9.27. The monoisotopic (exact) mass is 417 g/mol. The highest BCUT2D eigenvalue weighted by molar-refractivity contribution is 6.06. The number of ether oxygens (including phenoxy) is 1. The molecule has 9 heteroatoms. The maximum Gasteiger partial charge on any atom is 0.387 e. The summed E-state index contributed by atoms with van der Waals surface area (Å²) in [7, 11) is 1.44.